The maximum absolute atomic E-state index is 11.2. The summed E-state index contributed by atoms with van der Waals surface area (Å²) in [7, 11) is 0. The van der Waals surface area contributed by atoms with Crippen LogP contribution in [0.1, 0.15) is 25.7 Å². The van der Waals surface area contributed by atoms with Crippen molar-refractivity contribution in [3.8, 4) is 0 Å². The van der Waals surface area contributed by atoms with E-state index in [0.717, 1.165) is 38.0 Å². The van der Waals surface area contributed by atoms with Gasteiger partial charge in [0.05, 0.1) is 6.54 Å². The summed E-state index contributed by atoms with van der Waals surface area (Å²) < 4.78 is 5.41. The maximum atomic E-state index is 11.2. The number of anilines is 1. The van der Waals surface area contributed by atoms with Crippen molar-refractivity contribution in [1.29, 1.82) is 0 Å². The van der Waals surface area contributed by atoms with E-state index < -0.39 is 0 Å². The Bertz CT molecular complexity index is 486. The van der Waals surface area contributed by atoms with E-state index in [4.69, 9.17) is 16.3 Å². The van der Waals surface area contributed by atoms with Gasteiger partial charge in [0.1, 0.15) is 11.4 Å². The van der Waals surface area contributed by atoms with E-state index in [9.17, 15) is 4.79 Å². The molecule has 1 aromatic heterocycles. The van der Waals surface area contributed by atoms with Crippen LogP contribution >= 0.6 is 11.6 Å². The largest absolute Gasteiger partial charge is 0.441 e. The molecule has 1 amide bonds. The molecule has 2 N–H and O–H groups in total. The van der Waals surface area contributed by atoms with Crippen molar-refractivity contribution in [1.82, 2.24) is 15.5 Å². The molecule has 0 radical (unpaired) electrons. The van der Waals surface area contributed by atoms with Crippen molar-refractivity contribution in [2.75, 3.05) is 18.4 Å². The van der Waals surface area contributed by atoms with Gasteiger partial charge in [0.25, 0.3) is 0 Å². The summed E-state index contributed by atoms with van der Waals surface area (Å²) in [6.45, 7) is 1.50. The fourth-order valence-corrected chi connectivity index (χ4v) is 2.95. The molecule has 3 rings (SSSR count). The van der Waals surface area contributed by atoms with E-state index in [2.05, 4.69) is 20.8 Å². The van der Waals surface area contributed by atoms with Crippen LogP contribution in [0.25, 0.3) is 0 Å². The third-order valence-corrected chi connectivity index (χ3v) is 4.29. The Morgan fingerprint density at radius 1 is 1.40 bits per heavy atom. The Morgan fingerprint density at radius 3 is 2.80 bits per heavy atom. The Morgan fingerprint density at radius 2 is 2.20 bits per heavy atom. The molecular weight excluding hydrogens is 280 g/mol. The average molecular weight is 297 g/mol. The van der Waals surface area contributed by atoms with Gasteiger partial charge in [-0.1, -0.05) is 11.6 Å². The standard InChI is InChI=1S/C13H17ClN4O2/c14-10-1-2-11(18-17-10)15-7-9-3-5-13(6-4-9)8-16-12(19)20-13/h1-2,9H,3-8H2,(H,15,18)(H,16,19)/t9-,13-. The fourth-order valence-electron chi connectivity index (χ4n) is 2.85. The predicted octanol–water partition coefficient (Wildman–Crippen LogP) is 2.21. The molecule has 2 aliphatic rings. The third-order valence-electron chi connectivity index (χ3n) is 4.08. The van der Waals surface area contributed by atoms with Crippen molar-refractivity contribution in [3.05, 3.63) is 17.3 Å². The van der Waals surface area contributed by atoms with Crippen LogP contribution in [-0.2, 0) is 4.74 Å². The molecule has 6 nitrogen and oxygen atoms in total. The van der Waals surface area contributed by atoms with Gasteiger partial charge in [0.2, 0.25) is 0 Å². The van der Waals surface area contributed by atoms with Gasteiger partial charge < -0.3 is 15.4 Å². The highest BCUT2D eigenvalue weighted by atomic mass is 35.5. The molecule has 1 aromatic rings. The molecule has 1 saturated heterocycles. The lowest BCUT2D eigenvalue weighted by atomic mass is 9.79. The van der Waals surface area contributed by atoms with E-state index in [1.165, 1.54) is 0 Å². The number of hydrogen-bond donors (Lipinski definition) is 2. The lowest BCUT2D eigenvalue weighted by Gasteiger charge is -2.34. The quantitative estimate of drug-likeness (QED) is 0.894. The number of aromatic nitrogens is 2. The van der Waals surface area contributed by atoms with Crippen LogP contribution in [0, 0.1) is 5.92 Å². The number of carbonyl (C=O) groups excluding carboxylic acids is 1. The van der Waals surface area contributed by atoms with Crippen molar-refractivity contribution < 1.29 is 9.53 Å². The molecule has 0 bridgehead atoms. The number of nitrogens with one attached hydrogen (secondary N) is 2. The topological polar surface area (TPSA) is 76.1 Å². The first-order valence-corrected chi connectivity index (χ1v) is 7.23. The monoisotopic (exact) mass is 296 g/mol. The van der Waals surface area contributed by atoms with Crippen LogP contribution in [-0.4, -0.2) is 35.0 Å². The van der Waals surface area contributed by atoms with Crippen molar-refractivity contribution in [3.63, 3.8) is 0 Å². The minimum absolute atomic E-state index is 0.256. The summed E-state index contributed by atoms with van der Waals surface area (Å²) in [6, 6.07) is 3.54. The predicted molar refractivity (Wildman–Crippen MR) is 74.7 cm³/mol. The Labute approximate surface area is 122 Å². The average Bonchev–Trinajstić information content (AvgIpc) is 2.81. The SMILES string of the molecule is O=C1NC[C@]2(CC[C@@H](CNc3ccc(Cl)nn3)CC2)O1. The van der Waals surface area contributed by atoms with Gasteiger partial charge in [-0.3, -0.25) is 0 Å². The number of alkyl carbamates (subject to hydrolysis) is 1. The summed E-state index contributed by atoms with van der Waals surface area (Å²) in [5.41, 5.74) is -0.256. The molecule has 108 valence electrons. The van der Waals surface area contributed by atoms with Crippen LogP contribution in [0.2, 0.25) is 5.15 Å². The van der Waals surface area contributed by atoms with Crippen molar-refractivity contribution >= 4 is 23.5 Å². The molecule has 0 aromatic carbocycles. The van der Waals surface area contributed by atoms with Gasteiger partial charge in [-0.15, -0.1) is 10.2 Å². The highest BCUT2D eigenvalue weighted by Crippen LogP contribution is 2.36. The van der Waals surface area contributed by atoms with E-state index in [1.54, 1.807) is 6.07 Å². The van der Waals surface area contributed by atoms with Gasteiger partial charge in [-0.2, -0.15) is 0 Å². The van der Waals surface area contributed by atoms with Crippen LogP contribution in [0.5, 0.6) is 0 Å². The van der Waals surface area contributed by atoms with Gasteiger partial charge in [-0.05, 0) is 43.7 Å². The molecule has 1 spiro atoms. The number of ether oxygens (including phenoxy) is 1. The van der Waals surface area contributed by atoms with Gasteiger partial charge in [0.15, 0.2) is 5.15 Å². The van der Waals surface area contributed by atoms with Crippen LogP contribution in [0.4, 0.5) is 10.6 Å². The van der Waals surface area contributed by atoms with Crippen LogP contribution < -0.4 is 10.6 Å². The Kier molecular flexibility index (Phi) is 3.65. The Hall–Kier alpha value is -1.56. The molecule has 0 unspecified atom stereocenters. The van der Waals surface area contributed by atoms with Crippen molar-refractivity contribution in [2.45, 2.75) is 31.3 Å². The van der Waals surface area contributed by atoms with E-state index in [1.807, 2.05) is 6.07 Å². The highest BCUT2D eigenvalue weighted by Gasteiger charge is 2.42. The zero-order valence-corrected chi connectivity index (χ0v) is 11.8. The third kappa shape index (κ3) is 2.95. The number of hydrogen-bond acceptors (Lipinski definition) is 5. The molecular formula is C13H17ClN4O2. The van der Waals surface area contributed by atoms with Gasteiger partial charge in [-0.25, -0.2) is 4.79 Å². The zero-order chi connectivity index (χ0) is 14.0. The second-order valence-electron chi connectivity index (χ2n) is 5.49. The minimum atomic E-state index is -0.280. The van der Waals surface area contributed by atoms with Gasteiger partial charge in [0, 0.05) is 6.54 Å². The number of rotatable bonds is 3. The lowest BCUT2D eigenvalue weighted by molar-refractivity contribution is 0.0148. The van der Waals surface area contributed by atoms with Crippen LogP contribution in [0.15, 0.2) is 12.1 Å². The first-order chi connectivity index (χ1) is 9.65. The molecule has 0 atom stereocenters. The van der Waals surface area contributed by atoms with E-state index in [0.29, 0.717) is 17.6 Å². The summed E-state index contributed by atoms with van der Waals surface area (Å²) in [5.74, 6) is 1.31. The molecule has 7 heteroatoms. The minimum Gasteiger partial charge on any atom is -0.441 e. The van der Waals surface area contributed by atoms with E-state index >= 15 is 0 Å². The first kappa shape index (κ1) is 13.4. The zero-order valence-electron chi connectivity index (χ0n) is 11.1. The van der Waals surface area contributed by atoms with Crippen molar-refractivity contribution in [2.24, 2.45) is 5.92 Å². The van der Waals surface area contributed by atoms with Gasteiger partial charge >= 0.3 is 6.09 Å². The molecule has 1 saturated carbocycles. The summed E-state index contributed by atoms with van der Waals surface area (Å²) in [5, 5.41) is 14.2. The first-order valence-electron chi connectivity index (χ1n) is 6.85. The molecule has 2 fully saturated rings. The number of carbonyl (C=O) groups is 1. The van der Waals surface area contributed by atoms with Crippen LogP contribution in [0.3, 0.4) is 0 Å². The van der Waals surface area contributed by atoms with E-state index in [-0.39, 0.29) is 11.7 Å². The number of halogens is 1. The molecule has 20 heavy (non-hydrogen) atoms. The number of amides is 1. The molecule has 1 aliphatic heterocycles. The fraction of sp³-hybridized carbons (Fsp3) is 0.615. The normalized spacial score (nSPS) is 29.1. The lowest BCUT2D eigenvalue weighted by Crippen LogP contribution is -2.38. The summed E-state index contributed by atoms with van der Waals surface area (Å²) in [6.07, 6.45) is 3.65. The molecule has 2 heterocycles. The smallest absolute Gasteiger partial charge is 0.407 e. The highest BCUT2D eigenvalue weighted by molar-refractivity contribution is 6.29. The Balaban J connectivity index is 1.47. The second kappa shape index (κ2) is 5.44. The molecule has 1 aliphatic carbocycles. The number of nitrogens with zero attached hydrogens (tertiary/aromatic N) is 2. The maximum Gasteiger partial charge on any atom is 0.407 e. The second-order valence-corrected chi connectivity index (χ2v) is 5.88. The summed E-state index contributed by atoms with van der Waals surface area (Å²) >= 11 is 5.69. The summed E-state index contributed by atoms with van der Waals surface area (Å²) in [4.78, 5) is 11.2.